The topological polar surface area (TPSA) is 82.4 Å². The minimum Gasteiger partial charge on any atom is -0.508 e. The van der Waals surface area contributed by atoms with Gasteiger partial charge in [-0.3, -0.25) is 0 Å². The summed E-state index contributed by atoms with van der Waals surface area (Å²) in [6.45, 7) is 10.6. The third kappa shape index (κ3) is 14.0. The van der Waals surface area contributed by atoms with Crippen LogP contribution in [0.15, 0.2) is 60.7 Å². The Bertz CT molecular complexity index is 1060. The molecule has 0 unspecified atom stereocenters. The molecule has 0 aromatic heterocycles. The van der Waals surface area contributed by atoms with Crippen LogP contribution in [-0.4, -0.2) is 42.6 Å². The van der Waals surface area contributed by atoms with Gasteiger partial charge in [0.15, 0.2) is 23.0 Å². The monoisotopic (exact) mass is 553 g/mol. The number of phenolic OH excluding ortho intramolecular Hbond substituents is 3. The summed E-state index contributed by atoms with van der Waals surface area (Å²) >= 11 is 0. The Labute approximate surface area is 242 Å². The Balaban J connectivity index is 0.000000333. The fourth-order valence-electron chi connectivity index (χ4n) is 4.08. The molecule has 0 aliphatic carbocycles. The molecule has 40 heavy (non-hydrogen) atoms. The van der Waals surface area contributed by atoms with E-state index in [1.54, 1.807) is 36.4 Å². The van der Waals surface area contributed by atoms with Gasteiger partial charge in [-0.05, 0) is 86.3 Å². The highest BCUT2D eigenvalue weighted by molar-refractivity contribution is 5.48. The van der Waals surface area contributed by atoms with Crippen LogP contribution in [-0.2, 0) is 0 Å². The minimum atomic E-state index is 0.188. The van der Waals surface area contributed by atoms with E-state index >= 15 is 0 Å². The summed E-state index contributed by atoms with van der Waals surface area (Å²) in [5.74, 6) is 1.78. The summed E-state index contributed by atoms with van der Waals surface area (Å²) in [6.07, 6.45) is 10.4. The molecule has 0 amide bonds. The zero-order valence-electron chi connectivity index (χ0n) is 25.4. The van der Waals surface area contributed by atoms with Crippen molar-refractivity contribution in [1.82, 2.24) is 0 Å². The van der Waals surface area contributed by atoms with Crippen molar-refractivity contribution in [3.8, 4) is 28.7 Å². The van der Waals surface area contributed by atoms with Crippen LogP contribution in [0.25, 0.3) is 0 Å². The number of anilines is 1. The van der Waals surface area contributed by atoms with E-state index in [-0.39, 0.29) is 11.5 Å². The number of hydrogen-bond donors (Lipinski definition) is 3. The lowest BCUT2D eigenvalue weighted by atomic mass is 10.1. The first kappa shape index (κ1) is 34.5. The van der Waals surface area contributed by atoms with Gasteiger partial charge in [-0.2, -0.15) is 0 Å². The molecule has 6 nitrogen and oxygen atoms in total. The van der Waals surface area contributed by atoms with E-state index in [0.717, 1.165) is 24.2 Å². The second-order valence-electron chi connectivity index (χ2n) is 9.98. The number of nitrogens with zero attached hydrogens (tertiary/aromatic N) is 1. The first-order valence-corrected chi connectivity index (χ1v) is 14.5. The summed E-state index contributed by atoms with van der Waals surface area (Å²) in [5, 5.41) is 27.7. The predicted molar refractivity (Wildman–Crippen MR) is 167 cm³/mol. The van der Waals surface area contributed by atoms with Gasteiger partial charge in [-0.15, -0.1) is 0 Å². The number of aromatic hydroxyl groups is 3. The minimum absolute atomic E-state index is 0.188. The summed E-state index contributed by atoms with van der Waals surface area (Å²) < 4.78 is 9.73. The van der Waals surface area contributed by atoms with Crippen molar-refractivity contribution in [3.63, 3.8) is 0 Å². The second-order valence-corrected chi connectivity index (χ2v) is 9.98. The molecule has 3 N–H and O–H groups in total. The lowest BCUT2D eigenvalue weighted by molar-refractivity contribution is 0.373. The SMILES string of the molecule is CCCCCCN(CCCCCC)c1ccc(O)cc1.COc1cc(C)ccc1O.COc1ccc(C)cc1O. The van der Waals surface area contributed by atoms with Gasteiger partial charge in [0.25, 0.3) is 0 Å². The average Bonchev–Trinajstić information content (AvgIpc) is 2.95. The Morgan fingerprint density at radius 2 is 1.10 bits per heavy atom. The van der Waals surface area contributed by atoms with Crippen LogP contribution in [0.2, 0.25) is 0 Å². The predicted octanol–water partition coefficient (Wildman–Crippen LogP) is 8.78. The van der Waals surface area contributed by atoms with Crippen molar-refractivity contribution in [2.45, 2.75) is 79.1 Å². The van der Waals surface area contributed by atoms with E-state index in [4.69, 9.17) is 19.7 Å². The number of phenols is 3. The van der Waals surface area contributed by atoms with E-state index < -0.39 is 0 Å². The van der Waals surface area contributed by atoms with Crippen LogP contribution in [0.3, 0.4) is 0 Å². The number of rotatable bonds is 13. The van der Waals surface area contributed by atoms with E-state index in [9.17, 15) is 5.11 Å². The van der Waals surface area contributed by atoms with Crippen LogP contribution in [0, 0.1) is 13.8 Å². The number of aryl methyl sites for hydroxylation is 2. The van der Waals surface area contributed by atoms with Crippen LogP contribution >= 0.6 is 0 Å². The van der Waals surface area contributed by atoms with Crippen molar-refractivity contribution >= 4 is 5.69 Å². The number of ether oxygens (including phenoxy) is 2. The van der Waals surface area contributed by atoms with Gasteiger partial charge in [0.1, 0.15) is 5.75 Å². The highest BCUT2D eigenvalue weighted by Gasteiger charge is 2.06. The molecule has 0 fully saturated rings. The molecule has 3 rings (SSSR count). The molecule has 3 aromatic rings. The summed E-state index contributed by atoms with van der Waals surface area (Å²) in [4.78, 5) is 2.48. The van der Waals surface area contributed by atoms with Gasteiger partial charge in [-0.25, -0.2) is 0 Å². The normalized spacial score (nSPS) is 10.1. The van der Waals surface area contributed by atoms with Crippen LogP contribution in [0.5, 0.6) is 28.7 Å². The van der Waals surface area contributed by atoms with E-state index in [1.807, 2.05) is 38.1 Å². The summed E-state index contributed by atoms with van der Waals surface area (Å²) in [5.41, 5.74) is 3.35. The second kappa shape index (κ2) is 20.4. The highest BCUT2D eigenvalue weighted by atomic mass is 16.5. The van der Waals surface area contributed by atoms with Crippen molar-refractivity contribution in [2.24, 2.45) is 0 Å². The fourth-order valence-corrected chi connectivity index (χ4v) is 4.08. The number of methoxy groups -OCH3 is 2. The molecular weight excluding hydrogens is 502 g/mol. The molecule has 0 aliphatic rings. The lowest BCUT2D eigenvalue weighted by Crippen LogP contribution is -2.25. The molecule has 222 valence electrons. The summed E-state index contributed by atoms with van der Waals surface area (Å²) in [6, 6.07) is 18.2. The van der Waals surface area contributed by atoms with Crippen molar-refractivity contribution in [1.29, 1.82) is 0 Å². The van der Waals surface area contributed by atoms with Gasteiger partial charge in [-0.1, -0.05) is 64.5 Å². The Morgan fingerprint density at radius 3 is 1.57 bits per heavy atom. The van der Waals surface area contributed by atoms with Crippen LogP contribution in [0.4, 0.5) is 5.69 Å². The molecule has 3 aromatic carbocycles. The Kier molecular flexibility index (Phi) is 17.6. The third-order valence-corrected chi connectivity index (χ3v) is 6.45. The molecule has 0 bridgehead atoms. The van der Waals surface area contributed by atoms with Crippen LogP contribution in [0.1, 0.15) is 76.3 Å². The first-order valence-electron chi connectivity index (χ1n) is 14.5. The maximum absolute atomic E-state index is 9.41. The smallest absolute Gasteiger partial charge is 0.160 e. The van der Waals surface area contributed by atoms with Crippen molar-refractivity contribution in [3.05, 3.63) is 71.8 Å². The van der Waals surface area contributed by atoms with E-state index in [1.165, 1.54) is 71.3 Å². The number of benzene rings is 3. The molecule has 0 heterocycles. The quantitative estimate of drug-likeness (QED) is 0.184. The number of hydrogen-bond acceptors (Lipinski definition) is 6. The zero-order valence-corrected chi connectivity index (χ0v) is 25.4. The standard InChI is InChI=1S/C18H31NO.2C8H10O2/c1-3-5-7-9-15-19(16-10-8-6-4-2)17-11-13-18(20)14-12-17;1-6-3-4-8(10-2)7(9)5-6;1-6-3-4-7(9)8(5-6)10-2/h11-14,20H,3-10,15-16H2,1-2H3;2*3-5,9H,1-2H3. The Morgan fingerprint density at radius 1 is 0.575 bits per heavy atom. The van der Waals surface area contributed by atoms with Crippen LogP contribution < -0.4 is 14.4 Å². The maximum atomic E-state index is 9.41. The fraction of sp³-hybridized carbons (Fsp3) is 0.471. The molecule has 0 spiro atoms. The molecule has 0 saturated carbocycles. The van der Waals surface area contributed by atoms with Gasteiger partial charge in [0.05, 0.1) is 14.2 Å². The van der Waals surface area contributed by atoms with Gasteiger partial charge in [0.2, 0.25) is 0 Å². The molecule has 6 heteroatoms. The van der Waals surface area contributed by atoms with Gasteiger partial charge >= 0.3 is 0 Å². The van der Waals surface area contributed by atoms with Crippen molar-refractivity contribution in [2.75, 3.05) is 32.2 Å². The highest BCUT2D eigenvalue weighted by Crippen LogP contribution is 2.26. The molecule has 0 atom stereocenters. The van der Waals surface area contributed by atoms with E-state index in [0.29, 0.717) is 17.2 Å². The summed E-state index contributed by atoms with van der Waals surface area (Å²) in [7, 11) is 3.07. The van der Waals surface area contributed by atoms with Crippen molar-refractivity contribution < 1.29 is 24.8 Å². The molecular formula is C34H51NO5. The van der Waals surface area contributed by atoms with Gasteiger partial charge < -0.3 is 29.7 Å². The third-order valence-electron chi connectivity index (χ3n) is 6.45. The Hall–Kier alpha value is -3.54. The molecule has 0 radical (unpaired) electrons. The molecule has 0 aliphatic heterocycles. The largest absolute Gasteiger partial charge is 0.508 e. The van der Waals surface area contributed by atoms with Gasteiger partial charge in [0, 0.05) is 18.8 Å². The average molecular weight is 554 g/mol. The first-order chi connectivity index (χ1) is 19.2. The lowest BCUT2D eigenvalue weighted by Gasteiger charge is -2.25. The van der Waals surface area contributed by atoms with E-state index in [2.05, 4.69) is 18.7 Å². The maximum Gasteiger partial charge on any atom is 0.160 e. The zero-order chi connectivity index (χ0) is 29.8. The number of unbranched alkanes of at least 4 members (excludes halogenated alkanes) is 6. The molecule has 0 saturated heterocycles.